The van der Waals surface area contributed by atoms with Crippen LogP contribution in [0.15, 0.2) is 39.7 Å². The average molecular weight is 435 g/mol. The summed E-state index contributed by atoms with van der Waals surface area (Å²) in [6, 6.07) is 6.04. The number of halogens is 2. The molecule has 0 radical (unpaired) electrons. The van der Waals surface area contributed by atoms with Gasteiger partial charge in [0.25, 0.3) is 5.56 Å². The Bertz CT molecular complexity index is 884. The molecule has 1 N–H and O–H groups in total. The molecule has 1 aromatic carbocycles. The number of hydrogen-bond donors (Lipinski definition) is 1. The van der Waals surface area contributed by atoms with Gasteiger partial charge < -0.3 is 9.88 Å². The van der Waals surface area contributed by atoms with Crippen molar-refractivity contribution < 1.29 is 9.18 Å². The second-order valence-electron chi connectivity index (χ2n) is 7.48. The molecule has 0 saturated heterocycles. The molecule has 1 aliphatic rings. The van der Waals surface area contributed by atoms with E-state index in [9.17, 15) is 14.0 Å². The Hall–Kier alpha value is -1.95. The molecule has 1 aliphatic carbocycles. The molecule has 6 heteroatoms. The number of anilines is 1. The number of carbonyl (C=O) groups excluding carboxylic acids is 1. The third-order valence-electron chi connectivity index (χ3n) is 5.38. The maximum atomic E-state index is 13.1. The lowest BCUT2D eigenvalue weighted by atomic mass is 9.82. The van der Waals surface area contributed by atoms with Gasteiger partial charge in [-0.3, -0.25) is 9.59 Å². The lowest BCUT2D eigenvalue weighted by Gasteiger charge is -2.25. The number of benzene rings is 1. The number of hydrogen-bond acceptors (Lipinski definition) is 2. The summed E-state index contributed by atoms with van der Waals surface area (Å²) in [5.41, 5.74) is 1.59. The van der Waals surface area contributed by atoms with Crippen molar-refractivity contribution in [2.45, 2.75) is 46.1 Å². The smallest absolute Gasteiger partial charge is 0.274 e. The molecule has 2 aromatic rings. The van der Waals surface area contributed by atoms with E-state index in [1.165, 1.54) is 16.7 Å². The predicted octanol–water partition coefficient (Wildman–Crippen LogP) is 4.87. The molecular weight excluding hydrogens is 411 g/mol. The van der Waals surface area contributed by atoms with Gasteiger partial charge in [-0.2, -0.15) is 0 Å². The van der Waals surface area contributed by atoms with E-state index in [2.05, 4.69) is 28.2 Å². The maximum absolute atomic E-state index is 13.1. The van der Waals surface area contributed by atoms with E-state index >= 15 is 0 Å². The van der Waals surface area contributed by atoms with Crippen molar-refractivity contribution in [3.63, 3.8) is 0 Å². The first-order valence-corrected chi connectivity index (χ1v) is 10.1. The molecule has 27 heavy (non-hydrogen) atoms. The van der Waals surface area contributed by atoms with Crippen molar-refractivity contribution in [3.05, 3.63) is 62.2 Å². The topological polar surface area (TPSA) is 51.1 Å². The van der Waals surface area contributed by atoms with Crippen LogP contribution in [0.1, 0.15) is 43.7 Å². The van der Waals surface area contributed by atoms with Crippen LogP contribution < -0.4 is 10.9 Å². The molecule has 0 spiro atoms. The second-order valence-corrected chi connectivity index (χ2v) is 8.34. The standard InChI is InChI=1S/C21H24BrFN2O2/c1-13-3-7-16(8-4-13)20(26)24-19-14(2)18(22)12-25(21(19)27)11-15-5-9-17(23)10-6-15/h5-6,9-10,12-13,16H,3-4,7-8,11H2,1-2H3,(H,24,26). The Morgan fingerprint density at radius 3 is 2.48 bits per heavy atom. The minimum atomic E-state index is -0.314. The minimum Gasteiger partial charge on any atom is -0.321 e. The van der Waals surface area contributed by atoms with Gasteiger partial charge in [0.2, 0.25) is 5.91 Å². The number of pyridine rings is 1. The molecule has 0 aliphatic heterocycles. The molecule has 144 valence electrons. The highest BCUT2D eigenvalue weighted by atomic mass is 79.9. The number of rotatable bonds is 4. The van der Waals surface area contributed by atoms with Crippen LogP contribution in [0.5, 0.6) is 0 Å². The Morgan fingerprint density at radius 1 is 1.22 bits per heavy atom. The third kappa shape index (κ3) is 4.67. The van der Waals surface area contributed by atoms with E-state index in [1.807, 2.05) is 6.92 Å². The molecule has 0 unspecified atom stereocenters. The highest BCUT2D eigenvalue weighted by molar-refractivity contribution is 9.10. The third-order valence-corrected chi connectivity index (χ3v) is 6.18. The Morgan fingerprint density at radius 2 is 1.85 bits per heavy atom. The van der Waals surface area contributed by atoms with Gasteiger partial charge >= 0.3 is 0 Å². The van der Waals surface area contributed by atoms with E-state index in [1.54, 1.807) is 18.3 Å². The fourth-order valence-corrected chi connectivity index (χ4v) is 3.96. The van der Waals surface area contributed by atoms with Gasteiger partial charge in [0.1, 0.15) is 11.5 Å². The highest BCUT2D eigenvalue weighted by Gasteiger charge is 2.25. The van der Waals surface area contributed by atoms with E-state index in [4.69, 9.17) is 0 Å². The highest BCUT2D eigenvalue weighted by Crippen LogP contribution is 2.29. The van der Waals surface area contributed by atoms with E-state index in [-0.39, 0.29) is 23.2 Å². The first-order chi connectivity index (χ1) is 12.8. The normalized spacial score (nSPS) is 19.7. The van der Waals surface area contributed by atoms with Gasteiger partial charge in [0.05, 0.1) is 6.54 Å². The van der Waals surface area contributed by atoms with E-state index in [0.717, 1.165) is 35.7 Å². The minimum absolute atomic E-state index is 0.0375. The zero-order valence-electron chi connectivity index (χ0n) is 15.6. The van der Waals surface area contributed by atoms with Crippen LogP contribution in [-0.4, -0.2) is 10.5 Å². The number of nitrogens with one attached hydrogen (secondary N) is 1. The molecule has 1 heterocycles. The maximum Gasteiger partial charge on any atom is 0.274 e. The van der Waals surface area contributed by atoms with Crippen LogP contribution in [0.25, 0.3) is 0 Å². The molecule has 1 amide bonds. The summed E-state index contributed by atoms with van der Waals surface area (Å²) in [6.07, 6.45) is 5.53. The van der Waals surface area contributed by atoms with Gasteiger partial charge in [-0.1, -0.05) is 19.1 Å². The van der Waals surface area contributed by atoms with Gasteiger partial charge in [0, 0.05) is 16.6 Å². The lowest BCUT2D eigenvalue weighted by molar-refractivity contribution is -0.121. The molecule has 0 bridgehead atoms. The quantitative estimate of drug-likeness (QED) is 0.745. The van der Waals surface area contributed by atoms with Crippen LogP contribution in [0.2, 0.25) is 0 Å². The zero-order chi connectivity index (χ0) is 19.6. The molecule has 4 nitrogen and oxygen atoms in total. The number of nitrogens with zero attached hydrogens (tertiary/aromatic N) is 1. The summed E-state index contributed by atoms with van der Waals surface area (Å²) in [5.74, 6) is 0.235. The Balaban J connectivity index is 1.84. The number of carbonyl (C=O) groups is 1. The second kappa shape index (κ2) is 8.38. The van der Waals surface area contributed by atoms with Crippen molar-refractivity contribution in [1.82, 2.24) is 4.57 Å². The molecule has 3 rings (SSSR count). The molecular formula is C21H24BrFN2O2. The van der Waals surface area contributed by atoms with Crippen LogP contribution in [0, 0.1) is 24.6 Å². The summed E-state index contributed by atoms with van der Waals surface area (Å²) < 4.78 is 15.4. The van der Waals surface area contributed by atoms with Crippen LogP contribution >= 0.6 is 15.9 Å². The fraction of sp³-hybridized carbons (Fsp3) is 0.429. The molecule has 0 atom stereocenters. The fourth-order valence-electron chi connectivity index (χ4n) is 3.51. The zero-order valence-corrected chi connectivity index (χ0v) is 17.2. The van der Waals surface area contributed by atoms with Crippen LogP contribution in [0.4, 0.5) is 10.1 Å². The van der Waals surface area contributed by atoms with Crippen molar-refractivity contribution in [3.8, 4) is 0 Å². The lowest BCUT2D eigenvalue weighted by Crippen LogP contribution is -2.32. The SMILES string of the molecule is Cc1c(Br)cn(Cc2ccc(F)cc2)c(=O)c1NC(=O)C1CCC(C)CC1. The van der Waals surface area contributed by atoms with Crippen molar-refractivity contribution in [1.29, 1.82) is 0 Å². The van der Waals surface area contributed by atoms with Crippen LogP contribution in [-0.2, 0) is 11.3 Å². The van der Waals surface area contributed by atoms with Gasteiger partial charge in [-0.15, -0.1) is 0 Å². The summed E-state index contributed by atoms with van der Waals surface area (Å²) >= 11 is 3.48. The first-order valence-electron chi connectivity index (χ1n) is 9.30. The first kappa shape index (κ1) is 19.8. The average Bonchev–Trinajstić information content (AvgIpc) is 2.65. The van der Waals surface area contributed by atoms with E-state index in [0.29, 0.717) is 23.7 Å². The Kier molecular flexibility index (Phi) is 6.15. The molecule has 1 aromatic heterocycles. The van der Waals surface area contributed by atoms with Crippen molar-refractivity contribution in [2.75, 3.05) is 5.32 Å². The van der Waals surface area contributed by atoms with Crippen LogP contribution in [0.3, 0.4) is 0 Å². The van der Waals surface area contributed by atoms with Crippen molar-refractivity contribution >= 4 is 27.5 Å². The monoisotopic (exact) mass is 434 g/mol. The summed E-state index contributed by atoms with van der Waals surface area (Å²) in [7, 11) is 0. The Labute approximate surface area is 166 Å². The molecule has 1 saturated carbocycles. The number of amides is 1. The largest absolute Gasteiger partial charge is 0.321 e. The molecule has 1 fully saturated rings. The van der Waals surface area contributed by atoms with Crippen molar-refractivity contribution in [2.24, 2.45) is 11.8 Å². The summed E-state index contributed by atoms with van der Waals surface area (Å²) in [4.78, 5) is 25.6. The van der Waals surface area contributed by atoms with Gasteiger partial charge in [-0.25, -0.2) is 4.39 Å². The predicted molar refractivity (Wildman–Crippen MR) is 108 cm³/mol. The van der Waals surface area contributed by atoms with Gasteiger partial charge in [-0.05, 0) is 77.7 Å². The summed E-state index contributed by atoms with van der Waals surface area (Å²) in [5, 5.41) is 2.88. The summed E-state index contributed by atoms with van der Waals surface area (Å²) in [6.45, 7) is 4.33. The van der Waals surface area contributed by atoms with E-state index < -0.39 is 0 Å². The van der Waals surface area contributed by atoms with Gasteiger partial charge in [0.15, 0.2) is 0 Å². The number of aromatic nitrogens is 1.